The molecule has 12 heavy (non-hydrogen) atoms. The Labute approximate surface area is 66.4 Å². The predicted molar refractivity (Wildman–Crippen MR) is 34.1 cm³/mol. The molecule has 6 heteroatoms. The van der Waals surface area contributed by atoms with Crippen LogP contribution in [0.2, 0.25) is 0 Å². The summed E-state index contributed by atoms with van der Waals surface area (Å²) in [4.78, 5) is 3.51. The molecule has 1 rings (SSSR count). The molecule has 68 valence electrons. The highest BCUT2D eigenvalue weighted by Gasteiger charge is 2.31. The standard InChI is InChI=1S/C6H7F3N2O/c7-6(8,9)1-4(10)5-2-12-3-11-5/h2-4H,1,10H2. The van der Waals surface area contributed by atoms with Gasteiger partial charge in [-0.05, 0) is 0 Å². The molecule has 2 N–H and O–H groups in total. The number of nitrogens with zero attached hydrogens (tertiary/aromatic N) is 1. The number of aromatic nitrogens is 1. The molecule has 1 unspecified atom stereocenters. The highest BCUT2D eigenvalue weighted by molar-refractivity contribution is 4.98. The van der Waals surface area contributed by atoms with E-state index in [-0.39, 0.29) is 5.69 Å². The molecule has 0 amide bonds. The van der Waals surface area contributed by atoms with Crippen molar-refractivity contribution in [3.05, 3.63) is 18.4 Å². The number of halogens is 3. The summed E-state index contributed by atoms with van der Waals surface area (Å²) in [7, 11) is 0. The number of oxazole rings is 1. The molecule has 0 spiro atoms. The normalized spacial score (nSPS) is 14.7. The summed E-state index contributed by atoms with van der Waals surface area (Å²) in [6.45, 7) is 0. The molecule has 1 aromatic rings. The van der Waals surface area contributed by atoms with Crippen LogP contribution in [0.4, 0.5) is 13.2 Å². The first-order valence-electron chi connectivity index (χ1n) is 3.19. The van der Waals surface area contributed by atoms with Gasteiger partial charge in [0.2, 0.25) is 0 Å². The average molecular weight is 180 g/mol. The molecule has 0 aromatic carbocycles. The van der Waals surface area contributed by atoms with Crippen LogP contribution in [0, 0.1) is 0 Å². The summed E-state index contributed by atoms with van der Waals surface area (Å²) in [5, 5.41) is 0. The molecular formula is C6H7F3N2O. The lowest BCUT2D eigenvalue weighted by Gasteiger charge is -2.10. The third-order valence-electron chi connectivity index (χ3n) is 1.28. The maximum atomic E-state index is 11.8. The SMILES string of the molecule is NC(CC(F)(F)F)c1cocn1. The van der Waals surface area contributed by atoms with Gasteiger partial charge in [0.25, 0.3) is 0 Å². The first-order valence-corrected chi connectivity index (χ1v) is 3.19. The molecule has 0 aliphatic rings. The Balaban J connectivity index is 2.56. The van der Waals surface area contributed by atoms with Gasteiger partial charge in [-0.25, -0.2) is 4.98 Å². The van der Waals surface area contributed by atoms with Crippen LogP contribution in [0.5, 0.6) is 0 Å². The fourth-order valence-corrected chi connectivity index (χ4v) is 0.759. The van der Waals surface area contributed by atoms with E-state index in [0.717, 1.165) is 12.7 Å². The summed E-state index contributed by atoms with van der Waals surface area (Å²) in [6.07, 6.45) is -3.19. The van der Waals surface area contributed by atoms with E-state index in [4.69, 9.17) is 5.73 Å². The molecule has 1 heterocycles. The van der Waals surface area contributed by atoms with Crippen molar-refractivity contribution in [2.75, 3.05) is 0 Å². The van der Waals surface area contributed by atoms with Crippen molar-refractivity contribution >= 4 is 0 Å². The van der Waals surface area contributed by atoms with Gasteiger partial charge in [0.1, 0.15) is 6.26 Å². The lowest BCUT2D eigenvalue weighted by Crippen LogP contribution is -2.20. The van der Waals surface area contributed by atoms with E-state index in [2.05, 4.69) is 9.40 Å². The van der Waals surface area contributed by atoms with Gasteiger partial charge in [0, 0.05) is 0 Å². The molecule has 0 aliphatic heterocycles. The van der Waals surface area contributed by atoms with Crippen molar-refractivity contribution in [1.29, 1.82) is 0 Å². The summed E-state index contributed by atoms with van der Waals surface area (Å²) >= 11 is 0. The van der Waals surface area contributed by atoms with Crippen molar-refractivity contribution < 1.29 is 17.6 Å². The van der Waals surface area contributed by atoms with Crippen molar-refractivity contribution in [3.63, 3.8) is 0 Å². The average Bonchev–Trinajstić information content (AvgIpc) is 2.32. The Kier molecular flexibility index (Phi) is 2.37. The van der Waals surface area contributed by atoms with Gasteiger partial charge in [-0.3, -0.25) is 0 Å². The Morgan fingerprint density at radius 1 is 1.58 bits per heavy atom. The van der Waals surface area contributed by atoms with Gasteiger partial charge in [0.15, 0.2) is 6.39 Å². The number of hydrogen-bond acceptors (Lipinski definition) is 3. The monoisotopic (exact) mass is 180 g/mol. The van der Waals surface area contributed by atoms with E-state index >= 15 is 0 Å². The van der Waals surface area contributed by atoms with Crippen LogP contribution < -0.4 is 5.73 Å². The molecule has 3 nitrogen and oxygen atoms in total. The van der Waals surface area contributed by atoms with Gasteiger partial charge in [-0.2, -0.15) is 13.2 Å². The largest absolute Gasteiger partial charge is 0.451 e. The van der Waals surface area contributed by atoms with E-state index in [9.17, 15) is 13.2 Å². The fourth-order valence-electron chi connectivity index (χ4n) is 0.759. The van der Waals surface area contributed by atoms with Gasteiger partial charge in [-0.15, -0.1) is 0 Å². The quantitative estimate of drug-likeness (QED) is 0.752. The van der Waals surface area contributed by atoms with Crippen LogP contribution in [-0.2, 0) is 0 Å². The molecule has 0 saturated carbocycles. The zero-order valence-corrected chi connectivity index (χ0v) is 6.01. The second-order valence-electron chi connectivity index (χ2n) is 2.34. The predicted octanol–water partition coefficient (Wildman–Crippen LogP) is 1.63. The van der Waals surface area contributed by atoms with Crippen LogP contribution in [0.3, 0.4) is 0 Å². The van der Waals surface area contributed by atoms with Crippen molar-refractivity contribution in [2.45, 2.75) is 18.6 Å². The molecule has 1 aromatic heterocycles. The Hall–Kier alpha value is -1.04. The van der Waals surface area contributed by atoms with E-state index in [1.165, 1.54) is 0 Å². The van der Waals surface area contributed by atoms with Gasteiger partial charge in [-0.1, -0.05) is 0 Å². The summed E-state index contributed by atoms with van der Waals surface area (Å²) < 4.78 is 39.8. The topological polar surface area (TPSA) is 52.0 Å². The van der Waals surface area contributed by atoms with E-state index in [1.807, 2.05) is 0 Å². The van der Waals surface area contributed by atoms with Gasteiger partial charge in [0.05, 0.1) is 18.2 Å². The van der Waals surface area contributed by atoms with Crippen LogP contribution >= 0.6 is 0 Å². The zero-order valence-electron chi connectivity index (χ0n) is 6.01. The third kappa shape index (κ3) is 2.54. The van der Waals surface area contributed by atoms with E-state index < -0.39 is 18.6 Å². The number of alkyl halides is 3. The van der Waals surface area contributed by atoms with Crippen molar-refractivity contribution in [3.8, 4) is 0 Å². The Bertz CT molecular complexity index is 231. The van der Waals surface area contributed by atoms with Crippen LogP contribution in [0.15, 0.2) is 17.1 Å². The first-order chi connectivity index (χ1) is 5.49. The van der Waals surface area contributed by atoms with Gasteiger partial charge >= 0.3 is 6.18 Å². The minimum Gasteiger partial charge on any atom is -0.451 e. The molecule has 1 atom stereocenters. The second-order valence-corrected chi connectivity index (χ2v) is 2.34. The third-order valence-corrected chi connectivity index (χ3v) is 1.28. The van der Waals surface area contributed by atoms with Crippen LogP contribution in [0.1, 0.15) is 18.2 Å². The number of rotatable bonds is 2. The minimum atomic E-state index is -4.27. The maximum absolute atomic E-state index is 11.8. The number of hydrogen-bond donors (Lipinski definition) is 1. The Morgan fingerprint density at radius 3 is 2.67 bits per heavy atom. The van der Waals surface area contributed by atoms with E-state index in [0.29, 0.717) is 0 Å². The molecular weight excluding hydrogens is 173 g/mol. The molecule has 0 bridgehead atoms. The fraction of sp³-hybridized carbons (Fsp3) is 0.500. The second kappa shape index (κ2) is 3.14. The molecule has 0 radical (unpaired) electrons. The summed E-state index contributed by atoms with van der Waals surface area (Å²) in [5.74, 6) is 0. The van der Waals surface area contributed by atoms with Crippen LogP contribution in [-0.4, -0.2) is 11.2 Å². The smallest absolute Gasteiger partial charge is 0.390 e. The van der Waals surface area contributed by atoms with Gasteiger partial charge < -0.3 is 10.2 Å². The molecule has 0 aliphatic carbocycles. The highest BCUT2D eigenvalue weighted by Crippen LogP contribution is 2.26. The maximum Gasteiger partial charge on any atom is 0.390 e. The number of nitrogens with two attached hydrogens (primary N) is 1. The zero-order chi connectivity index (χ0) is 9.19. The van der Waals surface area contributed by atoms with Crippen molar-refractivity contribution in [2.24, 2.45) is 5.73 Å². The molecule has 0 saturated heterocycles. The Morgan fingerprint density at radius 2 is 2.25 bits per heavy atom. The minimum absolute atomic E-state index is 0.118. The highest BCUT2D eigenvalue weighted by atomic mass is 19.4. The molecule has 0 fully saturated rings. The van der Waals surface area contributed by atoms with Crippen molar-refractivity contribution in [1.82, 2.24) is 4.98 Å². The first kappa shape index (κ1) is 9.05. The van der Waals surface area contributed by atoms with Crippen LogP contribution in [0.25, 0.3) is 0 Å². The summed E-state index contributed by atoms with van der Waals surface area (Å²) in [6, 6.07) is -1.14. The lowest BCUT2D eigenvalue weighted by atomic mass is 10.2. The summed E-state index contributed by atoms with van der Waals surface area (Å²) in [5.41, 5.74) is 5.30. The lowest BCUT2D eigenvalue weighted by molar-refractivity contribution is -0.138. The van der Waals surface area contributed by atoms with E-state index in [1.54, 1.807) is 0 Å².